The number of anilines is 1. The largest absolute Gasteiger partial charge is 0.416 e. The van der Waals surface area contributed by atoms with E-state index in [9.17, 15) is 22.4 Å². The summed E-state index contributed by atoms with van der Waals surface area (Å²) in [6.07, 6.45) is -2.07. The van der Waals surface area contributed by atoms with Gasteiger partial charge in [0.2, 0.25) is 0 Å². The average Bonchev–Trinajstić information content (AvgIpc) is 2.61. The van der Waals surface area contributed by atoms with E-state index in [1.165, 1.54) is 42.7 Å². The molecule has 132 valence electrons. The molecule has 0 aliphatic carbocycles. The zero-order valence-corrected chi connectivity index (χ0v) is 13.1. The standard InChI is InChI=1S/C18H11F4N3O/c19-14-5-1-3-11(7-14)16-23-9-12(10-24-16)17(26)25-15-6-2-4-13(8-15)18(20,21)22/h1-10H,(H,25,26). The molecule has 8 heteroatoms. The Balaban J connectivity index is 1.77. The van der Waals surface area contributed by atoms with Crippen molar-refractivity contribution in [3.05, 3.63) is 77.9 Å². The predicted molar refractivity (Wildman–Crippen MR) is 86.8 cm³/mol. The van der Waals surface area contributed by atoms with Crippen molar-refractivity contribution in [2.45, 2.75) is 6.18 Å². The molecular weight excluding hydrogens is 350 g/mol. The number of nitrogens with one attached hydrogen (secondary N) is 1. The van der Waals surface area contributed by atoms with E-state index in [1.807, 2.05) is 0 Å². The smallest absolute Gasteiger partial charge is 0.322 e. The monoisotopic (exact) mass is 361 g/mol. The van der Waals surface area contributed by atoms with E-state index in [-0.39, 0.29) is 17.1 Å². The minimum absolute atomic E-state index is 0.000896. The molecule has 1 aromatic heterocycles. The third-order valence-corrected chi connectivity index (χ3v) is 3.44. The van der Waals surface area contributed by atoms with Crippen molar-refractivity contribution in [1.29, 1.82) is 0 Å². The van der Waals surface area contributed by atoms with Gasteiger partial charge in [0.05, 0.1) is 11.1 Å². The Morgan fingerprint density at radius 1 is 0.962 bits per heavy atom. The average molecular weight is 361 g/mol. The minimum Gasteiger partial charge on any atom is -0.322 e. The normalized spacial score (nSPS) is 11.2. The SMILES string of the molecule is O=C(Nc1cccc(C(F)(F)F)c1)c1cnc(-c2cccc(F)c2)nc1. The fourth-order valence-corrected chi connectivity index (χ4v) is 2.20. The van der Waals surface area contributed by atoms with Crippen LogP contribution in [0.25, 0.3) is 11.4 Å². The Kier molecular flexibility index (Phi) is 4.66. The molecule has 4 nitrogen and oxygen atoms in total. The third-order valence-electron chi connectivity index (χ3n) is 3.44. The maximum Gasteiger partial charge on any atom is 0.416 e. The van der Waals surface area contributed by atoms with Gasteiger partial charge in [-0.25, -0.2) is 14.4 Å². The van der Waals surface area contributed by atoms with Crippen LogP contribution in [0, 0.1) is 5.82 Å². The zero-order valence-electron chi connectivity index (χ0n) is 13.1. The summed E-state index contributed by atoms with van der Waals surface area (Å²) >= 11 is 0. The number of hydrogen-bond donors (Lipinski definition) is 1. The molecule has 3 rings (SSSR count). The quantitative estimate of drug-likeness (QED) is 0.696. The van der Waals surface area contributed by atoms with E-state index in [4.69, 9.17) is 0 Å². The highest BCUT2D eigenvalue weighted by Gasteiger charge is 2.30. The van der Waals surface area contributed by atoms with Gasteiger partial charge in [0.25, 0.3) is 5.91 Å². The highest BCUT2D eigenvalue weighted by molar-refractivity contribution is 6.03. The molecule has 1 heterocycles. The van der Waals surface area contributed by atoms with E-state index in [0.717, 1.165) is 12.1 Å². The van der Waals surface area contributed by atoms with Gasteiger partial charge < -0.3 is 5.32 Å². The Morgan fingerprint density at radius 2 is 1.65 bits per heavy atom. The molecule has 0 atom stereocenters. The Bertz CT molecular complexity index is 940. The Labute approximate surface area is 145 Å². The number of hydrogen-bond acceptors (Lipinski definition) is 3. The lowest BCUT2D eigenvalue weighted by atomic mass is 10.2. The first-order valence-corrected chi connectivity index (χ1v) is 7.39. The summed E-state index contributed by atoms with van der Waals surface area (Å²) in [7, 11) is 0. The molecular formula is C18H11F4N3O. The first kappa shape index (κ1) is 17.5. The lowest BCUT2D eigenvalue weighted by molar-refractivity contribution is -0.137. The van der Waals surface area contributed by atoms with Crippen molar-refractivity contribution in [3.63, 3.8) is 0 Å². The second-order valence-electron chi connectivity index (χ2n) is 5.34. The van der Waals surface area contributed by atoms with Crippen LogP contribution in [0.4, 0.5) is 23.2 Å². The van der Waals surface area contributed by atoms with Gasteiger partial charge in [-0.1, -0.05) is 18.2 Å². The van der Waals surface area contributed by atoms with E-state index in [1.54, 1.807) is 6.07 Å². The summed E-state index contributed by atoms with van der Waals surface area (Å²) in [4.78, 5) is 20.1. The van der Waals surface area contributed by atoms with Gasteiger partial charge in [0.15, 0.2) is 5.82 Å². The molecule has 0 aliphatic rings. The number of aromatic nitrogens is 2. The topological polar surface area (TPSA) is 54.9 Å². The molecule has 0 unspecified atom stereocenters. The summed E-state index contributed by atoms with van der Waals surface area (Å²) in [5.74, 6) is -0.882. The second-order valence-corrected chi connectivity index (χ2v) is 5.34. The van der Waals surface area contributed by atoms with Crippen molar-refractivity contribution in [3.8, 4) is 11.4 Å². The molecule has 0 bridgehead atoms. The Hall–Kier alpha value is -3.29. The number of halogens is 4. The highest BCUT2D eigenvalue weighted by atomic mass is 19.4. The lowest BCUT2D eigenvalue weighted by Crippen LogP contribution is -2.14. The van der Waals surface area contributed by atoms with Gasteiger partial charge in [0.1, 0.15) is 5.82 Å². The molecule has 0 fully saturated rings. The van der Waals surface area contributed by atoms with Crippen LogP contribution in [-0.4, -0.2) is 15.9 Å². The fourth-order valence-electron chi connectivity index (χ4n) is 2.20. The number of rotatable bonds is 3. The van der Waals surface area contributed by atoms with Crippen LogP contribution < -0.4 is 5.32 Å². The summed E-state index contributed by atoms with van der Waals surface area (Å²) in [5, 5.41) is 2.36. The van der Waals surface area contributed by atoms with Crippen molar-refractivity contribution in [1.82, 2.24) is 9.97 Å². The van der Waals surface area contributed by atoms with E-state index in [0.29, 0.717) is 5.56 Å². The van der Waals surface area contributed by atoms with Crippen LogP contribution in [0.2, 0.25) is 0 Å². The molecule has 2 aromatic carbocycles. The number of carbonyl (C=O) groups excluding carboxylic acids is 1. The van der Waals surface area contributed by atoms with Crippen LogP contribution in [0.3, 0.4) is 0 Å². The molecule has 0 saturated carbocycles. The molecule has 1 N–H and O–H groups in total. The van der Waals surface area contributed by atoms with Gasteiger partial charge in [-0.15, -0.1) is 0 Å². The number of amides is 1. The van der Waals surface area contributed by atoms with Crippen LogP contribution >= 0.6 is 0 Å². The zero-order chi connectivity index (χ0) is 18.7. The van der Waals surface area contributed by atoms with E-state index < -0.39 is 23.5 Å². The van der Waals surface area contributed by atoms with Gasteiger partial charge in [0, 0.05) is 23.6 Å². The van der Waals surface area contributed by atoms with Crippen LogP contribution in [0.5, 0.6) is 0 Å². The summed E-state index contributed by atoms with van der Waals surface area (Å²) in [6, 6.07) is 9.92. The molecule has 0 saturated heterocycles. The third kappa shape index (κ3) is 4.02. The molecule has 3 aromatic rings. The number of nitrogens with zero attached hydrogens (tertiary/aromatic N) is 2. The summed E-state index contributed by atoms with van der Waals surface area (Å²) < 4.78 is 51.3. The van der Waals surface area contributed by atoms with Crippen LogP contribution in [-0.2, 0) is 6.18 Å². The summed E-state index contributed by atoms with van der Waals surface area (Å²) in [5.41, 5.74) is -0.371. The second kappa shape index (κ2) is 6.91. The number of alkyl halides is 3. The fraction of sp³-hybridized carbons (Fsp3) is 0.0556. The van der Waals surface area contributed by atoms with Crippen molar-refractivity contribution >= 4 is 11.6 Å². The number of carbonyl (C=O) groups is 1. The lowest BCUT2D eigenvalue weighted by Gasteiger charge is -2.10. The van der Waals surface area contributed by atoms with E-state index >= 15 is 0 Å². The van der Waals surface area contributed by atoms with Gasteiger partial charge >= 0.3 is 6.18 Å². The predicted octanol–water partition coefficient (Wildman–Crippen LogP) is 4.55. The van der Waals surface area contributed by atoms with Crippen molar-refractivity contribution in [2.75, 3.05) is 5.32 Å². The van der Waals surface area contributed by atoms with Gasteiger partial charge in [-0.3, -0.25) is 4.79 Å². The number of benzene rings is 2. The first-order valence-electron chi connectivity index (χ1n) is 7.39. The van der Waals surface area contributed by atoms with Crippen molar-refractivity contribution < 1.29 is 22.4 Å². The summed E-state index contributed by atoms with van der Waals surface area (Å²) in [6.45, 7) is 0. The maximum atomic E-state index is 13.2. The molecule has 0 radical (unpaired) electrons. The Morgan fingerprint density at radius 3 is 2.31 bits per heavy atom. The minimum atomic E-state index is -4.50. The van der Waals surface area contributed by atoms with Gasteiger partial charge in [-0.2, -0.15) is 13.2 Å². The molecule has 1 amide bonds. The maximum absolute atomic E-state index is 13.2. The highest BCUT2D eigenvalue weighted by Crippen LogP contribution is 2.30. The van der Waals surface area contributed by atoms with Crippen molar-refractivity contribution in [2.24, 2.45) is 0 Å². The first-order chi connectivity index (χ1) is 12.3. The molecule has 0 aliphatic heterocycles. The van der Waals surface area contributed by atoms with E-state index in [2.05, 4.69) is 15.3 Å². The molecule has 0 spiro atoms. The van der Waals surface area contributed by atoms with Crippen LogP contribution in [0.1, 0.15) is 15.9 Å². The molecule has 26 heavy (non-hydrogen) atoms. The van der Waals surface area contributed by atoms with Gasteiger partial charge in [-0.05, 0) is 30.3 Å². The van der Waals surface area contributed by atoms with Crippen LogP contribution in [0.15, 0.2) is 60.9 Å².